The molecule has 0 saturated carbocycles. The molecule has 0 aliphatic rings. The van der Waals surface area contributed by atoms with Crippen molar-refractivity contribution in [3.8, 4) is 0 Å². The zero-order chi connectivity index (χ0) is 17.6. The Labute approximate surface area is 136 Å². The van der Waals surface area contributed by atoms with Crippen molar-refractivity contribution in [1.82, 2.24) is 5.32 Å². The summed E-state index contributed by atoms with van der Waals surface area (Å²) in [4.78, 5) is 11.9. The number of carbonyl (C=O) groups is 1. The maximum atomic E-state index is 12.5. The van der Waals surface area contributed by atoms with Crippen LogP contribution in [0.2, 0.25) is 0 Å². The lowest BCUT2D eigenvalue weighted by atomic mass is 10.1. The van der Waals surface area contributed by atoms with Crippen molar-refractivity contribution in [1.29, 1.82) is 5.41 Å². The standard InChI is InChI=1S/C17H14F3N3O/c18-17(19,20)13-8-6-12(7-9-13)16(24)23-15(21)10-11-22-14-4-2-1-3-5-14/h1-11,22H,(H2,21,23,24)/b11-10-. The summed E-state index contributed by atoms with van der Waals surface area (Å²) in [6.07, 6.45) is -1.65. The van der Waals surface area contributed by atoms with Gasteiger partial charge < -0.3 is 10.6 Å². The van der Waals surface area contributed by atoms with E-state index in [4.69, 9.17) is 5.41 Å². The van der Waals surface area contributed by atoms with Gasteiger partial charge in [-0.2, -0.15) is 13.2 Å². The van der Waals surface area contributed by atoms with Crippen molar-refractivity contribution in [2.24, 2.45) is 0 Å². The van der Waals surface area contributed by atoms with Crippen LogP contribution in [0.3, 0.4) is 0 Å². The number of benzene rings is 2. The molecule has 0 heterocycles. The lowest BCUT2D eigenvalue weighted by Crippen LogP contribution is -2.28. The van der Waals surface area contributed by atoms with Crippen LogP contribution in [0.15, 0.2) is 66.9 Å². The molecule has 0 unspecified atom stereocenters. The van der Waals surface area contributed by atoms with E-state index >= 15 is 0 Å². The molecular weight excluding hydrogens is 319 g/mol. The Hall–Kier alpha value is -3.09. The van der Waals surface area contributed by atoms with Crippen LogP contribution < -0.4 is 10.6 Å². The molecule has 4 nitrogen and oxygen atoms in total. The highest BCUT2D eigenvalue weighted by Gasteiger charge is 2.30. The van der Waals surface area contributed by atoms with Gasteiger partial charge in [0.25, 0.3) is 5.91 Å². The van der Waals surface area contributed by atoms with Crippen LogP contribution in [0, 0.1) is 5.41 Å². The van der Waals surface area contributed by atoms with Gasteiger partial charge in [0.1, 0.15) is 5.84 Å². The van der Waals surface area contributed by atoms with Gasteiger partial charge in [0, 0.05) is 17.5 Å². The van der Waals surface area contributed by atoms with Gasteiger partial charge in [-0.15, -0.1) is 0 Å². The Balaban J connectivity index is 1.90. The van der Waals surface area contributed by atoms with E-state index in [0.717, 1.165) is 30.0 Å². The normalized spacial score (nSPS) is 11.3. The summed E-state index contributed by atoms with van der Waals surface area (Å²) in [5, 5.41) is 12.8. The Morgan fingerprint density at radius 2 is 1.62 bits per heavy atom. The van der Waals surface area contributed by atoms with Crippen molar-refractivity contribution >= 4 is 17.4 Å². The van der Waals surface area contributed by atoms with Crippen molar-refractivity contribution < 1.29 is 18.0 Å². The number of anilines is 1. The lowest BCUT2D eigenvalue weighted by Gasteiger charge is -2.08. The molecule has 2 aromatic carbocycles. The summed E-state index contributed by atoms with van der Waals surface area (Å²) in [6.45, 7) is 0. The lowest BCUT2D eigenvalue weighted by molar-refractivity contribution is -0.137. The molecule has 0 saturated heterocycles. The molecule has 7 heteroatoms. The highest BCUT2D eigenvalue weighted by atomic mass is 19.4. The molecule has 0 aliphatic carbocycles. The van der Waals surface area contributed by atoms with E-state index < -0.39 is 17.6 Å². The van der Waals surface area contributed by atoms with Crippen LogP contribution >= 0.6 is 0 Å². The Kier molecular flexibility index (Phi) is 5.36. The van der Waals surface area contributed by atoms with Crippen LogP contribution in [0.25, 0.3) is 0 Å². The van der Waals surface area contributed by atoms with Gasteiger partial charge in [-0.05, 0) is 42.5 Å². The number of halogens is 3. The fraction of sp³-hybridized carbons (Fsp3) is 0.0588. The van der Waals surface area contributed by atoms with Crippen molar-refractivity contribution in [2.45, 2.75) is 6.18 Å². The van der Waals surface area contributed by atoms with E-state index in [2.05, 4.69) is 10.6 Å². The maximum Gasteiger partial charge on any atom is 0.416 e. The molecule has 0 spiro atoms. The minimum absolute atomic E-state index is 0.0390. The number of nitrogens with one attached hydrogen (secondary N) is 3. The summed E-state index contributed by atoms with van der Waals surface area (Å²) < 4.78 is 37.4. The molecule has 0 aliphatic heterocycles. The second kappa shape index (κ2) is 7.45. The quantitative estimate of drug-likeness (QED) is 0.584. The maximum absolute atomic E-state index is 12.5. The van der Waals surface area contributed by atoms with E-state index in [1.54, 1.807) is 0 Å². The zero-order valence-electron chi connectivity index (χ0n) is 12.4. The third kappa shape index (κ3) is 4.98. The van der Waals surface area contributed by atoms with Gasteiger partial charge in [0.2, 0.25) is 0 Å². The third-order valence-corrected chi connectivity index (χ3v) is 3.00. The molecule has 3 N–H and O–H groups in total. The largest absolute Gasteiger partial charge is 0.416 e. The Morgan fingerprint density at radius 1 is 1.00 bits per heavy atom. The smallest absolute Gasteiger partial charge is 0.362 e. The van der Waals surface area contributed by atoms with E-state index in [9.17, 15) is 18.0 Å². The monoisotopic (exact) mass is 333 g/mol. The van der Waals surface area contributed by atoms with Crippen molar-refractivity contribution in [2.75, 3.05) is 5.32 Å². The molecule has 2 rings (SSSR count). The number of carbonyl (C=O) groups excluding carboxylic acids is 1. The van der Waals surface area contributed by atoms with Crippen LogP contribution in [-0.2, 0) is 6.18 Å². The highest BCUT2D eigenvalue weighted by molar-refractivity contribution is 6.09. The molecule has 124 valence electrons. The second-order valence-corrected chi connectivity index (χ2v) is 4.79. The molecule has 0 fully saturated rings. The average molecular weight is 333 g/mol. The summed E-state index contributed by atoms with van der Waals surface area (Å²) in [5.41, 5.74) is 0.0221. The number of hydrogen-bond donors (Lipinski definition) is 3. The van der Waals surface area contributed by atoms with Gasteiger partial charge in [-0.1, -0.05) is 18.2 Å². The predicted molar refractivity (Wildman–Crippen MR) is 85.8 cm³/mol. The molecule has 1 amide bonds. The molecule has 0 bridgehead atoms. The SMILES string of the molecule is N=C(/C=C\Nc1ccccc1)NC(=O)c1ccc(C(F)(F)F)cc1. The molecule has 24 heavy (non-hydrogen) atoms. The first-order chi connectivity index (χ1) is 11.4. The minimum Gasteiger partial charge on any atom is -0.362 e. The van der Waals surface area contributed by atoms with Crippen LogP contribution in [0.4, 0.5) is 18.9 Å². The summed E-state index contributed by atoms with van der Waals surface area (Å²) in [7, 11) is 0. The van der Waals surface area contributed by atoms with Gasteiger partial charge in [0.15, 0.2) is 0 Å². The van der Waals surface area contributed by atoms with E-state index in [-0.39, 0.29) is 11.4 Å². The zero-order valence-corrected chi connectivity index (χ0v) is 12.4. The minimum atomic E-state index is -4.45. The first kappa shape index (κ1) is 17.3. The summed E-state index contributed by atoms with van der Waals surface area (Å²) >= 11 is 0. The van der Waals surface area contributed by atoms with Gasteiger partial charge in [-0.25, -0.2) is 0 Å². The molecule has 2 aromatic rings. The number of rotatable bonds is 4. The first-order valence-corrected chi connectivity index (χ1v) is 6.91. The fourth-order valence-electron chi connectivity index (χ4n) is 1.80. The molecule has 0 atom stereocenters. The fourth-order valence-corrected chi connectivity index (χ4v) is 1.80. The van der Waals surface area contributed by atoms with Crippen LogP contribution in [-0.4, -0.2) is 11.7 Å². The molecular formula is C17H14F3N3O. The summed E-state index contributed by atoms with van der Waals surface area (Å²) in [5.74, 6) is -0.846. The third-order valence-electron chi connectivity index (χ3n) is 3.00. The number of amides is 1. The Morgan fingerprint density at radius 3 is 2.21 bits per heavy atom. The highest BCUT2D eigenvalue weighted by Crippen LogP contribution is 2.29. The topological polar surface area (TPSA) is 65.0 Å². The van der Waals surface area contributed by atoms with Crippen LogP contribution in [0.5, 0.6) is 0 Å². The van der Waals surface area contributed by atoms with Crippen molar-refractivity contribution in [3.63, 3.8) is 0 Å². The average Bonchev–Trinajstić information content (AvgIpc) is 2.55. The number of amidine groups is 1. The molecule has 0 aromatic heterocycles. The first-order valence-electron chi connectivity index (χ1n) is 6.91. The van der Waals surface area contributed by atoms with E-state index in [1.165, 1.54) is 12.3 Å². The number of para-hydroxylation sites is 1. The molecule has 0 radical (unpaired) electrons. The van der Waals surface area contributed by atoms with Gasteiger partial charge >= 0.3 is 6.18 Å². The van der Waals surface area contributed by atoms with Crippen molar-refractivity contribution in [3.05, 3.63) is 78.0 Å². The second-order valence-electron chi connectivity index (χ2n) is 4.79. The van der Waals surface area contributed by atoms with Gasteiger partial charge in [0.05, 0.1) is 5.56 Å². The number of hydrogen-bond acceptors (Lipinski definition) is 3. The summed E-state index contributed by atoms with van der Waals surface area (Å²) in [6, 6.07) is 13.0. The predicted octanol–water partition coefficient (Wildman–Crippen LogP) is 4.04. The van der Waals surface area contributed by atoms with Gasteiger partial charge in [-0.3, -0.25) is 10.2 Å². The van der Waals surface area contributed by atoms with E-state index in [1.807, 2.05) is 30.3 Å². The Bertz CT molecular complexity index is 738. The van der Waals surface area contributed by atoms with Crippen LogP contribution in [0.1, 0.15) is 15.9 Å². The van der Waals surface area contributed by atoms with E-state index in [0.29, 0.717) is 0 Å². The number of alkyl halides is 3.